The molecule has 0 amide bonds. The van der Waals surface area contributed by atoms with Gasteiger partial charge in [-0.25, -0.2) is 0 Å². The molecule has 0 aliphatic carbocycles. The van der Waals surface area contributed by atoms with E-state index in [2.05, 4.69) is 0 Å². The van der Waals surface area contributed by atoms with Gasteiger partial charge in [0.05, 0.1) is 22.3 Å². The first-order valence-electron chi connectivity index (χ1n) is 6.89. The second-order valence-corrected chi connectivity index (χ2v) is 5.99. The van der Waals surface area contributed by atoms with Crippen molar-refractivity contribution in [1.82, 2.24) is 0 Å². The lowest BCUT2D eigenvalue weighted by molar-refractivity contribution is 0.00234. The number of aliphatic hydroxyl groups is 1. The van der Waals surface area contributed by atoms with Crippen molar-refractivity contribution in [3.63, 3.8) is 0 Å². The highest BCUT2D eigenvalue weighted by molar-refractivity contribution is 6.42. The highest BCUT2D eigenvalue weighted by Crippen LogP contribution is 2.24. The van der Waals surface area contributed by atoms with Crippen LogP contribution in [0.1, 0.15) is 37.7 Å². The van der Waals surface area contributed by atoms with Crippen molar-refractivity contribution in [2.45, 2.75) is 50.7 Å². The fraction of sp³-hybridized carbons (Fsp3) is 0.600. The van der Waals surface area contributed by atoms with Crippen molar-refractivity contribution in [3.8, 4) is 0 Å². The Kier molecular flexibility index (Phi) is 5.96. The van der Waals surface area contributed by atoms with Gasteiger partial charge in [-0.05, 0) is 56.2 Å². The maximum atomic E-state index is 10.1. The van der Waals surface area contributed by atoms with Crippen LogP contribution in [0.4, 0.5) is 0 Å². The molecule has 2 nitrogen and oxygen atoms in total. The average molecular weight is 303 g/mol. The Morgan fingerprint density at radius 3 is 2.79 bits per heavy atom. The molecule has 1 aromatic rings. The SMILES string of the molecule is OC(CCC1CCCCO1)Cc1ccc(Cl)c(Cl)c1. The van der Waals surface area contributed by atoms with Crippen LogP contribution in [0.5, 0.6) is 0 Å². The van der Waals surface area contributed by atoms with Gasteiger partial charge in [0.15, 0.2) is 0 Å². The van der Waals surface area contributed by atoms with E-state index >= 15 is 0 Å². The van der Waals surface area contributed by atoms with Gasteiger partial charge in [0, 0.05) is 6.61 Å². The van der Waals surface area contributed by atoms with Crippen LogP contribution in [-0.2, 0) is 11.2 Å². The summed E-state index contributed by atoms with van der Waals surface area (Å²) in [5.41, 5.74) is 1.02. The normalized spacial score (nSPS) is 21.3. The molecule has 1 heterocycles. The van der Waals surface area contributed by atoms with Crippen LogP contribution in [0.25, 0.3) is 0 Å². The fourth-order valence-electron chi connectivity index (χ4n) is 2.45. The van der Waals surface area contributed by atoms with E-state index in [1.807, 2.05) is 12.1 Å². The van der Waals surface area contributed by atoms with Gasteiger partial charge in [0.2, 0.25) is 0 Å². The number of aliphatic hydroxyl groups excluding tert-OH is 1. The number of ether oxygens (including phenoxy) is 1. The van der Waals surface area contributed by atoms with Gasteiger partial charge in [-0.3, -0.25) is 0 Å². The van der Waals surface area contributed by atoms with Gasteiger partial charge in [-0.1, -0.05) is 29.3 Å². The minimum atomic E-state index is -0.345. The molecule has 4 heteroatoms. The summed E-state index contributed by atoms with van der Waals surface area (Å²) in [6, 6.07) is 5.51. The molecule has 1 aromatic carbocycles. The summed E-state index contributed by atoms with van der Waals surface area (Å²) in [6.45, 7) is 0.869. The largest absolute Gasteiger partial charge is 0.393 e. The molecular formula is C15H20Cl2O2. The zero-order chi connectivity index (χ0) is 13.7. The third-order valence-corrected chi connectivity index (χ3v) is 4.29. The van der Waals surface area contributed by atoms with Gasteiger partial charge in [0.1, 0.15) is 0 Å². The lowest BCUT2D eigenvalue weighted by Crippen LogP contribution is -2.21. The molecule has 0 bridgehead atoms. The van der Waals surface area contributed by atoms with E-state index in [4.69, 9.17) is 27.9 Å². The van der Waals surface area contributed by atoms with Crippen molar-refractivity contribution in [2.24, 2.45) is 0 Å². The minimum Gasteiger partial charge on any atom is -0.393 e. The molecular weight excluding hydrogens is 283 g/mol. The van der Waals surface area contributed by atoms with Crippen molar-refractivity contribution >= 4 is 23.2 Å². The quantitative estimate of drug-likeness (QED) is 0.881. The monoisotopic (exact) mass is 302 g/mol. The predicted molar refractivity (Wildman–Crippen MR) is 79.0 cm³/mol. The number of halogens is 2. The first-order chi connectivity index (χ1) is 9.15. The fourth-order valence-corrected chi connectivity index (χ4v) is 2.77. The van der Waals surface area contributed by atoms with E-state index in [0.717, 1.165) is 31.4 Å². The number of rotatable bonds is 5. The summed E-state index contributed by atoms with van der Waals surface area (Å²) >= 11 is 11.8. The van der Waals surface area contributed by atoms with Crippen LogP contribution in [-0.4, -0.2) is 23.9 Å². The van der Waals surface area contributed by atoms with Crippen molar-refractivity contribution in [3.05, 3.63) is 33.8 Å². The van der Waals surface area contributed by atoms with Crippen molar-refractivity contribution in [1.29, 1.82) is 0 Å². The van der Waals surface area contributed by atoms with Crippen LogP contribution in [0, 0.1) is 0 Å². The topological polar surface area (TPSA) is 29.5 Å². The molecule has 1 aliphatic heterocycles. The second-order valence-electron chi connectivity index (χ2n) is 5.17. The van der Waals surface area contributed by atoms with Crippen LogP contribution in [0.2, 0.25) is 10.0 Å². The lowest BCUT2D eigenvalue weighted by atomic mass is 9.99. The van der Waals surface area contributed by atoms with E-state index in [1.165, 1.54) is 12.8 Å². The van der Waals surface area contributed by atoms with E-state index < -0.39 is 0 Å². The van der Waals surface area contributed by atoms with Crippen molar-refractivity contribution < 1.29 is 9.84 Å². The van der Waals surface area contributed by atoms with Gasteiger partial charge in [-0.15, -0.1) is 0 Å². The van der Waals surface area contributed by atoms with Gasteiger partial charge < -0.3 is 9.84 Å². The second kappa shape index (κ2) is 7.49. The Balaban J connectivity index is 1.76. The first-order valence-corrected chi connectivity index (χ1v) is 7.64. The minimum absolute atomic E-state index is 0.331. The molecule has 0 aromatic heterocycles. The molecule has 0 spiro atoms. The molecule has 0 saturated carbocycles. The predicted octanol–water partition coefficient (Wildman–Crippen LogP) is 4.25. The molecule has 2 unspecified atom stereocenters. The standard InChI is InChI=1S/C15H20Cl2O2/c16-14-7-4-11(10-15(14)17)9-12(18)5-6-13-3-1-2-8-19-13/h4,7,10,12-13,18H,1-3,5-6,8-9H2. The van der Waals surface area contributed by atoms with Crippen LogP contribution >= 0.6 is 23.2 Å². The number of hydrogen-bond acceptors (Lipinski definition) is 2. The number of benzene rings is 1. The third-order valence-electron chi connectivity index (χ3n) is 3.55. The van der Waals surface area contributed by atoms with Crippen molar-refractivity contribution in [2.75, 3.05) is 6.61 Å². The maximum absolute atomic E-state index is 10.1. The highest BCUT2D eigenvalue weighted by atomic mass is 35.5. The summed E-state index contributed by atoms with van der Waals surface area (Å²) in [7, 11) is 0. The first kappa shape index (κ1) is 15.1. The van der Waals surface area contributed by atoms with Gasteiger partial charge >= 0.3 is 0 Å². The van der Waals surface area contributed by atoms with E-state index in [1.54, 1.807) is 6.07 Å². The number of hydrogen-bond donors (Lipinski definition) is 1. The molecule has 19 heavy (non-hydrogen) atoms. The molecule has 1 N–H and O–H groups in total. The summed E-state index contributed by atoms with van der Waals surface area (Å²) in [5.74, 6) is 0. The maximum Gasteiger partial charge on any atom is 0.0595 e. The zero-order valence-corrected chi connectivity index (χ0v) is 12.5. The van der Waals surface area contributed by atoms with Crippen LogP contribution in [0.15, 0.2) is 18.2 Å². The Bertz CT molecular complexity index is 403. The van der Waals surface area contributed by atoms with Gasteiger partial charge in [-0.2, -0.15) is 0 Å². The van der Waals surface area contributed by atoms with E-state index in [-0.39, 0.29) is 6.10 Å². The molecule has 1 saturated heterocycles. The van der Waals surface area contributed by atoms with Crippen LogP contribution in [0.3, 0.4) is 0 Å². The van der Waals surface area contributed by atoms with Gasteiger partial charge in [0.25, 0.3) is 0 Å². The summed E-state index contributed by atoms with van der Waals surface area (Å²) < 4.78 is 5.66. The zero-order valence-electron chi connectivity index (χ0n) is 10.9. The van der Waals surface area contributed by atoms with E-state index in [0.29, 0.717) is 22.6 Å². The third kappa shape index (κ3) is 4.96. The highest BCUT2D eigenvalue weighted by Gasteiger charge is 2.16. The Hall–Kier alpha value is -0.280. The summed E-state index contributed by atoms with van der Waals surface area (Å²) in [6.07, 6.45) is 5.84. The van der Waals surface area contributed by atoms with Crippen LogP contribution < -0.4 is 0 Å². The average Bonchev–Trinajstić information content (AvgIpc) is 2.42. The Morgan fingerprint density at radius 2 is 2.11 bits per heavy atom. The summed E-state index contributed by atoms with van der Waals surface area (Å²) in [5, 5.41) is 11.2. The Labute approximate surface area is 124 Å². The summed E-state index contributed by atoms with van der Waals surface area (Å²) in [4.78, 5) is 0. The molecule has 0 radical (unpaired) electrons. The lowest BCUT2D eigenvalue weighted by Gasteiger charge is -2.23. The molecule has 1 fully saturated rings. The smallest absolute Gasteiger partial charge is 0.0595 e. The Morgan fingerprint density at radius 1 is 1.26 bits per heavy atom. The molecule has 2 rings (SSSR count). The molecule has 2 atom stereocenters. The molecule has 106 valence electrons. The molecule has 1 aliphatic rings. The van der Waals surface area contributed by atoms with E-state index in [9.17, 15) is 5.11 Å².